The molecular formula is C13H25NO2S. The molecule has 2 rings (SSSR count). The summed E-state index contributed by atoms with van der Waals surface area (Å²) in [5, 5.41) is 3.66. The molecule has 3 nitrogen and oxygen atoms in total. The standard InChI is InChI=1S/C13H25NO2S/c1-15-7-2-6-14-12-3-8-16-13(11-12)4-9-17-10-5-13/h12,14H,2-11H2,1H3. The molecule has 0 bridgehead atoms. The maximum Gasteiger partial charge on any atom is 0.0713 e. The van der Waals surface area contributed by atoms with Gasteiger partial charge in [-0.3, -0.25) is 0 Å². The molecule has 2 aliphatic heterocycles. The Bertz CT molecular complexity index is 214. The van der Waals surface area contributed by atoms with Gasteiger partial charge in [-0.1, -0.05) is 0 Å². The molecule has 1 atom stereocenters. The summed E-state index contributed by atoms with van der Waals surface area (Å²) in [5.74, 6) is 2.55. The molecule has 2 aliphatic rings. The van der Waals surface area contributed by atoms with Crippen LogP contribution in [0.25, 0.3) is 0 Å². The molecule has 1 N–H and O–H groups in total. The average molecular weight is 259 g/mol. The van der Waals surface area contributed by atoms with Crippen LogP contribution >= 0.6 is 11.8 Å². The third-order valence-corrected chi connectivity index (χ3v) is 4.84. The Labute approximate surface area is 109 Å². The number of methoxy groups -OCH3 is 1. The summed E-state index contributed by atoms with van der Waals surface area (Å²) in [7, 11) is 1.77. The predicted octanol–water partition coefficient (Wildman–Crippen LogP) is 2.06. The molecule has 2 fully saturated rings. The minimum Gasteiger partial charge on any atom is -0.385 e. The van der Waals surface area contributed by atoms with Crippen LogP contribution in [-0.2, 0) is 9.47 Å². The van der Waals surface area contributed by atoms with Crippen LogP contribution in [0.3, 0.4) is 0 Å². The van der Waals surface area contributed by atoms with E-state index in [9.17, 15) is 0 Å². The number of ether oxygens (including phenoxy) is 2. The summed E-state index contributed by atoms with van der Waals surface area (Å²) in [6.45, 7) is 2.87. The van der Waals surface area contributed by atoms with Gasteiger partial charge in [-0.15, -0.1) is 0 Å². The lowest BCUT2D eigenvalue weighted by molar-refractivity contribution is -0.0931. The van der Waals surface area contributed by atoms with E-state index in [-0.39, 0.29) is 5.60 Å². The highest BCUT2D eigenvalue weighted by Gasteiger charge is 2.38. The molecule has 0 aromatic heterocycles. The third-order valence-electron chi connectivity index (χ3n) is 3.86. The molecule has 0 aromatic carbocycles. The highest BCUT2D eigenvalue weighted by Crippen LogP contribution is 2.37. The summed E-state index contributed by atoms with van der Waals surface area (Å²) in [6.07, 6.45) is 5.97. The highest BCUT2D eigenvalue weighted by atomic mass is 32.2. The Morgan fingerprint density at radius 3 is 3.00 bits per heavy atom. The van der Waals surface area contributed by atoms with Crippen molar-refractivity contribution in [3.63, 3.8) is 0 Å². The van der Waals surface area contributed by atoms with Gasteiger partial charge in [0.05, 0.1) is 5.60 Å². The van der Waals surface area contributed by atoms with Gasteiger partial charge in [0.15, 0.2) is 0 Å². The minimum atomic E-state index is 0.211. The van der Waals surface area contributed by atoms with E-state index in [2.05, 4.69) is 17.1 Å². The summed E-state index contributed by atoms with van der Waals surface area (Å²) < 4.78 is 11.2. The highest BCUT2D eigenvalue weighted by molar-refractivity contribution is 7.99. The van der Waals surface area contributed by atoms with Crippen LogP contribution in [0, 0.1) is 0 Å². The number of hydrogen-bond donors (Lipinski definition) is 1. The van der Waals surface area contributed by atoms with Gasteiger partial charge in [-0.05, 0) is 50.2 Å². The second kappa shape index (κ2) is 6.98. The molecular weight excluding hydrogens is 234 g/mol. The molecule has 4 heteroatoms. The molecule has 2 saturated heterocycles. The minimum absolute atomic E-state index is 0.211. The van der Waals surface area contributed by atoms with Crippen molar-refractivity contribution in [2.45, 2.75) is 43.7 Å². The average Bonchev–Trinajstić information content (AvgIpc) is 2.36. The van der Waals surface area contributed by atoms with Crippen LogP contribution in [0.15, 0.2) is 0 Å². The SMILES string of the molecule is COCCCNC1CCOC2(CCSCC2)C1. The predicted molar refractivity (Wildman–Crippen MR) is 72.8 cm³/mol. The first-order valence-corrected chi connectivity index (χ1v) is 7.94. The number of rotatable bonds is 5. The summed E-state index contributed by atoms with van der Waals surface area (Å²) in [6, 6.07) is 0.656. The third kappa shape index (κ3) is 4.12. The molecule has 1 spiro atoms. The van der Waals surface area contributed by atoms with Crippen LogP contribution < -0.4 is 5.32 Å². The van der Waals surface area contributed by atoms with Crippen LogP contribution in [0.1, 0.15) is 32.1 Å². The Balaban J connectivity index is 1.72. The van der Waals surface area contributed by atoms with Gasteiger partial charge in [0.1, 0.15) is 0 Å². The van der Waals surface area contributed by atoms with Crippen molar-refractivity contribution in [3.05, 3.63) is 0 Å². The lowest BCUT2D eigenvalue weighted by atomic mass is 9.85. The van der Waals surface area contributed by atoms with Gasteiger partial charge in [-0.25, -0.2) is 0 Å². The molecule has 100 valence electrons. The largest absolute Gasteiger partial charge is 0.385 e. The van der Waals surface area contributed by atoms with E-state index in [1.807, 2.05) is 0 Å². The van der Waals surface area contributed by atoms with Crippen molar-refractivity contribution in [2.24, 2.45) is 0 Å². The molecule has 2 heterocycles. The van der Waals surface area contributed by atoms with E-state index in [0.29, 0.717) is 6.04 Å². The van der Waals surface area contributed by atoms with Crippen molar-refractivity contribution in [2.75, 3.05) is 38.4 Å². The summed E-state index contributed by atoms with van der Waals surface area (Å²) in [5.41, 5.74) is 0.211. The number of nitrogens with one attached hydrogen (secondary N) is 1. The summed E-state index contributed by atoms with van der Waals surface area (Å²) >= 11 is 2.07. The fourth-order valence-electron chi connectivity index (χ4n) is 2.82. The molecule has 0 aliphatic carbocycles. The number of hydrogen-bond acceptors (Lipinski definition) is 4. The quantitative estimate of drug-likeness (QED) is 0.766. The van der Waals surface area contributed by atoms with Gasteiger partial charge in [0.25, 0.3) is 0 Å². The van der Waals surface area contributed by atoms with Crippen molar-refractivity contribution in [1.29, 1.82) is 0 Å². The maximum atomic E-state index is 6.09. The normalized spacial score (nSPS) is 28.4. The lowest BCUT2D eigenvalue weighted by Crippen LogP contribution is -2.49. The fourth-order valence-corrected chi connectivity index (χ4v) is 4.05. The zero-order valence-corrected chi connectivity index (χ0v) is 11.7. The Hall–Kier alpha value is 0.230. The van der Waals surface area contributed by atoms with Crippen molar-refractivity contribution in [1.82, 2.24) is 5.32 Å². The summed E-state index contributed by atoms with van der Waals surface area (Å²) in [4.78, 5) is 0. The van der Waals surface area contributed by atoms with E-state index in [1.54, 1.807) is 7.11 Å². The van der Waals surface area contributed by atoms with Gasteiger partial charge in [0, 0.05) is 26.4 Å². The first kappa shape index (κ1) is 13.7. The lowest BCUT2D eigenvalue weighted by Gasteiger charge is -2.43. The van der Waals surface area contributed by atoms with E-state index in [0.717, 1.165) is 26.2 Å². The van der Waals surface area contributed by atoms with Gasteiger partial charge < -0.3 is 14.8 Å². The zero-order valence-electron chi connectivity index (χ0n) is 10.9. The van der Waals surface area contributed by atoms with E-state index >= 15 is 0 Å². The van der Waals surface area contributed by atoms with Crippen LogP contribution in [0.2, 0.25) is 0 Å². The molecule has 0 amide bonds. The first-order valence-electron chi connectivity index (χ1n) is 6.79. The second-order valence-electron chi connectivity index (χ2n) is 5.13. The van der Waals surface area contributed by atoms with Gasteiger partial charge in [0.2, 0.25) is 0 Å². The maximum absolute atomic E-state index is 6.09. The molecule has 17 heavy (non-hydrogen) atoms. The van der Waals surface area contributed by atoms with Gasteiger partial charge in [-0.2, -0.15) is 11.8 Å². The second-order valence-corrected chi connectivity index (χ2v) is 6.36. The fraction of sp³-hybridized carbons (Fsp3) is 1.00. The van der Waals surface area contributed by atoms with Crippen molar-refractivity contribution >= 4 is 11.8 Å². The molecule has 0 radical (unpaired) electrons. The van der Waals surface area contributed by atoms with E-state index in [4.69, 9.17) is 9.47 Å². The molecule has 0 saturated carbocycles. The monoisotopic (exact) mass is 259 g/mol. The number of thioether (sulfide) groups is 1. The Kier molecular flexibility index (Phi) is 5.60. The Morgan fingerprint density at radius 2 is 2.24 bits per heavy atom. The zero-order chi connectivity index (χ0) is 12.0. The van der Waals surface area contributed by atoms with Crippen molar-refractivity contribution < 1.29 is 9.47 Å². The van der Waals surface area contributed by atoms with Crippen LogP contribution in [-0.4, -0.2) is 50.0 Å². The van der Waals surface area contributed by atoms with Crippen molar-refractivity contribution in [3.8, 4) is 0 Å². The van der Waals surface area contributed by atoms with Gasteiger partial charge >= 0.3 is 0 Å². The van der Waals surface area contributed by atoms with Crippen LogP contribution in [0.4, 0.5) is 0 Å². The van der Waals surface area contributed by atoms with E-state index < -0.39 is 0 Å². The van der Waals surface area contributed by atoms with Crippen LogP contribution in [0.5, 0.6) is 0 Å². The smallest absolute Gasteiger partial charge is 0.0713 e. The molecule has 0 aromatic rings. The molecule has 1 unspecified atom stereocenters. The topological polar surface area (TPSA) is 30.5 Å². The first-order chi connectivity index (χ1) is 8.35. The Morgan fingerprint density at radius 1 is 1.41 bits per heavy atom. The van der Waals surface area contributed by atoms with E-state index in [1.165, 1.54) is 37.2 Å².